The van der Waals surface area contributed by atoms with Gasteiger partial charge in [-0.2, -0.15) is 0 Å². The molecule has 0 radical (unpaired) electrons. The molecule has 0 bridgehead atoms. The van der Waals surface area contributed by atoms with Crippen LogP contribution in [-0.4, -0.2) is 6.61 Å². The SMILES string of the molecule is C=CCOc1ccc(C(C(=CC)c2ccccc2)c2ccccc2)cc1. The summed E-state index contributed by atoms with van der Waals surface area (Å²) in [5.41, 5.74) is 5.08. The van der Waals surface area contributed by atoms with Gasteiger partial charge >= 0.3 is 0 Å². The topological polar surface area (TPSA) is 9.23 Å². The average Bonchev–Trinajstić information content (AvgIpc) is 2.72. The lowest BCUT2D eigenvalue weighted by atomic mass is 9.81. The fraction of sp³-hybridized carbons (Fsp3) is 0.120. The summed E-state index contributed by atoms with van der Waals surface area (Å²) in [6, 6.07) is 29.6. The van der Waals surface area contributed by atoms with E-state index in [0.29, 0.717) is 6.61 Å². The maximum absolute atomic E-state index is 5.63. The summed E-state index contributed by atoms with van der Waals surface area (Å²) in [6.07, 6.45) is 3.98. The maximum atomic E-state index is 5.63. The second kappa shape index (κ2) is 8.87. The average molecular weight is 340 g/mol. The summed E-state index contributed by atoms with van der Waals surface area (Å²) in [6.45, 7) is 6.33. The molecule has 0 aliphatic rings. The summed E-state index contributed by atoms with van der Waals surface area (Å²) < 4.78 is 5.63. The van der Waals surface area contributed by atoms with Crippen molar-refractivity contribution in [3.63, 3.8) is 0 Å². The summed E-state index contributed by atoms with van der Waals surface area (Å²) in [4.78, 5) is 0. The molecule has 3 rings (SSSR count). The van der Waals surface area contributed by atoms with Crippen molar-refractivity contribution in [3.05, 3.63) is 120 Å². The van der Waals surface area contributed by atoms with Crippen molar-refractivity contribution in [3.8, 4) is 5.75 Å². The van der Waals surface area contributed by atoms with Crippen molar-refractivity contribution in [2.45, 2.75) is 12.8 Å². The second-order valence-electron chi connectivity index (χ2n) is 6.12. The van der Waals surface area contributed by atoms with E-state index >= 15 is 0 Å². The minimum atomic E-state index is 0.178. The molecule has 130 valence electrons. The van der Waals surface area contributed by atoms with E-state index in [4.69, 9.17) is 4.74 Å². The minimum absolute atomic E-state index is 0.178. The predicted molar refractivity (Wildman–Crippen MR) is 111 cm³/mol. The van der Waals surface area contributed by atoms with Gasteiger partial charge in [0.1, 0.15) is 12.4 Å². The highest BCUT2D eigenvalue weighted by Gasteiger charge is 2.19. The van der Waals surface area contributed by atoms with E-state index in [2.05, 4.69) is 92.4 Å². The Kier molecular flexibility index (Phi) is 6.05. The molecule has 0 fully saturated rings. The zero-order chi connectivity index (χ0) is 18.2. The molecule has 0 heterocycles. The highest BCUT2D eigenvalue weighted by molar-refractivity contribution is 5.75. The maximum Gasteiger partial charge on any atom is 0.119 e. The molecule has 1 nitrogen and oxygen atoms in total. The fourth-order valence-corrected chi connectivity index (χ4v) is 3.24. The summed E-state index contributed by atoms with van der Waals surface area (Å²) in [7, 11) is 0. The molecule has 0 N–H and O–H groups in total. The smallest absolute Gasteiger partial charge is 0.119 e. The van der Waals surface area contributed by atoms with Crippen LogP contribution in [0.4, 0.5) is 0 Å². The van der Waals surface area contributed by atoms with Gasteiger partial charge < -0.3 is 4.74 Å². The zero-order valence-electron chi connectivity index (χ0n) is 15.1. The largest absolute Gasteiger partial charge is 0.490 e. The van der Waals surface area contributed by atoms with Gasteiger partial charge in [0.15, 0.2) is 0 Å². The standard InChI is InChI=1S/C25H24O/c1-3-19-26-23-17-15-22(16-18-23)25(21-13-9-6-10-14-21)24(4-2)20-11-7-5-8-12-20/h3-18,25H,1,19H2,2H3. The van der Waals surface area contributed by atoms with Crippen LogP contribution in [0.2, 0.25) is 0 Å². The molecule has 0 saturated carbocycles. The molecule has 0 saturated heterocycles. The lowest BCUT2D eigenvalue weighted by molar-refractivity contribution is 0.363. The first-order valence-electron chi connectivity index (χ1n) is 8.93. The van der Waals surface area contributed by atoms with Gasteiger partial charge in [0.25, 0.3) is 0 Å². The number of hydrogen-bond donors (Lipinski definition) is 0. The molecule has 3 aromatic rings. The molecular weight excluding hydrogens is 316 g/mol. The first kappa shape index (κ1) is 17.8. The molecule has 1 unspecified atom stereocenters. The van der Waals surface area contributed by atoms with Gasteiger partial charge in [0.2, 0.25) is 0 Å². The first-order chi connectivity index (χ1) is 12.8. The van der Waals surface area contributed by atoms with Gasteiger partial charge in [0, 0.05) is 5.92 Å². The summed E-state index contributed by atoms with van der Waals surface area (Å²) in [5.74, 6) is 1.04. The van der Waals surface area contributed by atoms with Crippen LogP contribution in [0.1, 0.15) is 29.5 Å². The predicted octanol–water partition coefficient (Wildman–Crippen LogP) is 6.49. The molecule has 0 aliphatic carbocycles. The number of benzene rings is 3. The Morgan fingerprint density at radius 1 is 0.846 bits per heavy atom. The van der Waals surface area contributed by atoms with Crippen LogP contribution in [-0.2, 0) is 0 Å². The van der Waals surface area contributed by atoms with Gasteiger partial charge in [-0.15, -0.1) is 0 Å². The second-order valence-corrected chi connectivity index (χ2v) is 6.12. The lowest BCUT2D eigenvalue weighted by Crippen LogP contribution is -2.05. The third-order valence-electron chi connectivity index (χ3n) is 4.44. The fourth-order valence-electron chi connectivity index (χ4n) is 3.24. The summed E-state index contributed by atoms with van der Waals surface area (Å²) >= 11 is 0. The first-order valence-corrected chi connectivity index (χ1v) is 8.93. The Balaban J connectivity index is 2.03. The monoisotopic (exact) mass is 340 g/mol. The van der Waals surface area contributed by atoms with Crippen molar-refractivity contribution in [1.29, 1.82) is 0 Å². The number of rotatable bonds is 7. The van der Waals surface area contributed by atoms with Crippen molar-refractivity contribution in [2.75, 3.05) is 6.61 Å². The molecule has 3 aromatic carbocycles. The summed E-state index contributed by atoms with van der Waals surface area (Å²) in [5, 5.41) is 0. The Labute approximate surface area is 156 Å². The van der Waals surface area contributed by atoms with Crippen molar-refractivity contribution < 1.29 is 4.74 Å². The van der Waals surface area contributed by atoms with Gasteiger partial charge in [-0.25, -0.2) is 0 Å². The third kappa shape index (κ3) is 4.12. The van der Waals surface area contributed by atoms with Crippen LogP contribution in [0.25, 0.3) is 5.57 Å². The number of allylic oxidation sites excluding steroid dienone is 2. The lowest BCUT2D eigenvalue weighted by Gasteiger charge is -2.22. The molecule has 0 spiro atoms. The van der Waals surface area contributed by atoms with Crippen LogP contribution in [0, 0.1) is 0 Å². The Bertz CT molecular complexity index is 846. The molecule has 0 amide bonds. The van der Waals surface area contributed by atoms with E-state index in [0.717, 1.165) is 5.75 Å². The van der Waals surface area contributed by atoms with Crippen LogP contribution in [0.15, 0.2) is 104 Å². The third-order valence-corrected chi connectivity index (χ3v) is 4.44. The van der Waals surface area contributed by atoms with Crippen LogP contribution in [0.5, 0.6) is 5.75 Å². The highest BCUT2D eigenvalue weighted by Crippen LogP contribution is 2.38. The van der Waals surface area contributed by atoms with Gasteiger partial charge in [-0.05, 0) is 41.3 Å². The van der Waals surface area contributed by atoms with Crippen LogP contribution in [0.3, 0.4) is 0 Å². The quantitative estimate of drug-likeness (QED) is 0.447. The molecule has 1 atom stereocenters. The molecular formula is C25H24O. The Morgan fingerprint density at radius 3 is 2.00 bits per heavy atom. The van der Waals surface area contributed by atoms with Crippen molar-refractivity contribution >= 4 is 5.57 Å². The van der Waals surface area contributed by atoms with Gasteiger partial charge in [-0.1, -0.05) is 91.5 Å². The van der Waals surface area contributed by atoms with Gasteiger partial charge in [-0.3, -0.25) is 0 Å². The van der Waals surface area contributed by atoms with Crippen LogP contribution < -0.4 is 4.74 Å². The normalized spacial score (nSPS) is 12.4. The van der Waals surface area contributed by atoms with Gasteiger partial charge in [0.05, 0.1) is 0 Å². The highest BCUT2D eigenvalue weighted by atomic mass is 16.5. The van der Waals surface area contributed by atoms with Crippen molar-refractivity contribution in [2.24, 2.45) is 0 Å². The molecule has 0 aliphatic heterocycles. The van der Waals surface area contributed by atoms with E-state index in [-0.39, 0.29) is 5.92 Å². The minimum Gasteiger partial charge on any atom is -0.490 e. The molecule has 26 heavy (non-hydrogen) atoms. The number of ether oxygens (including phenoxy) is 1. The van der Waals surface area contributed by atoms with Crippen molar-refractivity contribution in [1.82, 2.24) is 0 Å². The Hall–Kier alpha value is -3.06. The van der Waals surface area contributed by atoms with E-state index < -0.39 is 0 Å². The van der Waals surface area contributed by atoms with E-state index in [9.17, 15) is 0 Å². The Morgan fingerprint density at radius 2 is 1.42 bits per heavy atom. The zero-order valence-corrected chi connectivity index (χ0v) is 15.1. The van der Waals surface area contributed by atoms with E-state index in [1.54, 1.807) is 6.08 Å². The molecule has 0 aromatic heterocycles. The van der Waals surface area contributed by atoms with E-state index in [1.807, 2.05) is 12.1 Å². The van der Waals surface area contributed by atoms with Crippen LogP contribution >= 0.6 is 0 Å². The van der Waals surface area contributed by atoms with E-state index in [1.165, 1.54) is 22.3 Å². The number of hydrogen-bond acceptors (Lipinski definition) is 1. The molecule has 1 heteroatoms.